The lowest BCUT2D eigenvalue weighted by atomic mass is 9.95. The highest BCUT2D eigenvalue weighted by atomic mass is 19.1. The molecular formula is C22H17F3N2O. The van der Waals surface area contributed by atoms with E-state index in [9.17, 15) is 13.2 Å². The fraction of sp³-hybridized carbons (Fsp3) is 0.136. The summed E-state index contributed by atoms with van der Waals surface area (Å²) in [5.74, 6) is -0.222. The molecule has 3 aromatic carbocycles. The van der Waals surface area contributed by atoms with Crippen LogP contribution in [0.4, 0.5) is 13.2 Å². The fourth-order valence-corrected chi connectivity index (χ4v) is 3.25. The number of halogens is 3. The van der Waals surface area contributed by atoms with Crippen LogP contribution in [0.1, 0.15) is 23.2 Å². The van der Waals surface area contributed by atoms with Gasteiger partial charge in [0.05, 0.1) is 6.04 Å². The van der Waals surface area contributed by atoms with Crippen molar-refractivity contribution in [2.45, 2.75) is 12.1 Å². The molecule has 1 heterocycles. The average Bonchev–Trinajstić information content (AvgIpc) is 3.11. The van der Waals surface area contributed by atoms with Crippen LogP contribution in [0.15, 0.2) is 77.8 Å². The quantitative estimate of drug-likeness (QED) is 0.676. The Bertz CT molecular complexity index is 1020. The van der Waals surface area contributed by atoms with Crippen molar-refractivity contribution >= 4 is 5.84 Å². The molecule has 3 nitrogen and oxygen atoms in total. The Morgan fingerprint density at radius 2 is 1.39 bits per heavy atom. The summed E-state index contributed by atoms with van der Waals surface area (Å²) in [5, 5.41) is 3.23. The van der Waals surface area contributed by atoms with Crippen LogP contribution in [0.25, 0.3) is 0 Å². The van der Waals surface area contributed by atoms with Crippen LogP contribution >= 0.6 is 0 Å². The van der Waals surface area contributed by atoms with E-state index in [1.807, 2.05) is 0 Å². The SMILES string of the molecule is Fc1cccc(OCC2=NC(c3cccc(F)c3)C(c3cccc(F)c3)N2)c1. The predicted octanol–water partition coefficient (Wildman–Crippen LogP) is 4.97. The molecule has 0 bridgehead atoms. The molecule has 0 spiro atoms. The van der Waals surface area contributed by atoms with Gasteiger partial charge in [-0.2, -0.15) is 0 Å². The zero-order chi connectivity index (χ0) is 19.5. The van der Waals surface area contributed by atoms with Gasteiger partial charge < -0.3 is 10.1 Å². The summed E-state index contributed by atoms with van der Waals surface area (Å²) >= 11 is 0. The van der Waals surface area contributed by atoms with E-state index in [2.05, 4.69) is 10.3 Å². The maximum Gasteiger partial charge on any atom is 0.145 e. The van der Waals surface area contributed by atoms with Gasteiger partial charge in [0.25, 0.3) is 0 Å². The van der Waals surface area contributed by atoms with Crippen molar-refractivity contribution in [1.29, 1.82) is 0 Å². The monoisotopic (exact) mass is 382 g/mol. The summed E-state index contributed by atoms with van der Waals surface area (Å²) in [7, 11) is 0. The molecule has 2 unspecified atom stereocenters. The van der Waals surface area contributed by atoms with E-state index in [0.717, 1.165) is 0 Å². The molecule has 0 saturated carbocycles. The molecular weight excluding hydrogens is 365 g/mol. The molecule has 6 heteroatoms. The standard InChI is InChI=1S/C22H17F3N2O/c23-16-6-1-4-14(10-16)21-22(15-5-2-7-17(24)11-15)27-20(26-21)13-28-19-9-3-8-18(25)12-19/h1-12,21-22H,13H2,(H,26,27). The van der Waals surface area contributed by atoms with E-state index in [-0.39, 0.29) is 24.3 Å². The molecule has 0 aromatic heterocycles. The van der Waals surface area contributed by atoms with Crippen LogP contribution < -0.4 is 10.1 Å². The molecule has 1 aliphatic heterocycles. The second-order valence-electron chi connectivity index (χ2n) is 6.50. The van der Waals surface area contributed by atoms with Gasteiger partial charge in [0, 0.05) is 6.07 Å². The third-order valence-electron chi connectivity index (χ3n) is 4.50. The maximum absolute atomic E-state index is 13.7. The molecule has 3 aromatic rings. The van der Waals surface area contributed by atoms with Gasteiger partial charge in [-0.15, -0.1) is 0 Å². The van der Waals surface area contributed by atoms with Gasteiger partial charge >= 0.3 is 0 Å². The largest absolute Gasteiger partial charge is 0.486 e. The lowest BCUT2D eigenvalue weighted by Gasteiger charge is -2.20. The minimum absolute atomic E-state index is 0.0844. The summed E-state index contributed by atoms with van der Waals surface area (Å²) in [6, 6.07) is 17.4. The number of ether oxygens (including phenoxy) is 1. The number of hydrogen-bond acceptors (Lipinski definition) is 3. The van der Waals surface area contributed by atoms with Gasteiger partial charge in [0.2, 0.25) is 0 Å². The molecule has 0 aliphatic carbocycles. The van der Waals surface area contributed by atoms with Crippen molar-refractivity contribution in [1.82, 2.24) is 5.32 Å². The average molecular weight is 382 g/mol. The van der Waals surface area contributed by atoms with Crippen molar-refractivity contribution in [3.8, 4) is 5.75 Å². The summed E-state index contributed by atoms with van der Waals surface area (Å²) in [6.07, 6.45) is 0. The number of benzene rings is 3. The van der Waals surface area contributed by atoms with Crippen molar-refractivity contribution in [3.05, 3.63) is 101 Å². The summed E-state index contributed by atoms with van der Waals surface area (Å²) in [6.45, 7) is 0.0844. The first kappa shape index (κ1) is 18.1. The molecule has 0 saturated heterocycles. The maximum atomic E-state index is 13.7. The van der Waals surface area contributed by atoms with E-state index in [1.54, 1.807) is 36.4 Å². The molecule has 1 aliphatic rings. The second-order valence-corrected chi connectivity index (χ2v) is 6.50. The van der Waals surface area contributed by atoms with E-state index in [1.165, 1.54) is 36.4 Å². The van der Waals surface area contributed by atoms with Gasteiger partial charge in [-0.1, -0.05) is 30.3 Å². The zero-order valence-corrected chi connectivity index (χ0v) is 14.8. The van der Waals surface area contributed by atoms with E-state index in [4.69, 9.17) is 4.74 Å². The topological polar surface area (TPSA) is 33.6 Å². The smallest absolute Gasteiger partial charge is 0.145 e. The fourth-order valence-electron chi connectivity index (χ4n) is 3.25. The molecule has 0 radical (unpaired) electrons. The zero-order valence-electron chi connectivity index (χ0n) is 14.8. The van der Waals surface area contributed by atoms with Crippen LogP contribution in [0.2, 0.25) is 0 Å². The Morgan fingerprint density at radius 3 is 2.07 bits per heavy atom. The van der Waals surface area contributed by atoms with E-state index < -0.39 is 11.9 Å². The lowest BCUT2D eigenvalue weighted by molar-refractivity contribution is 0.370. The molecule has 4 rings (SSSR count). The summed E-state index contributed by atoms with van der Waals surface area (Å²) in [4.78, 5) is 4.62. The molecule has 2 atom stereocenters. The third kappa shape index (κ3) is 4.01. The minimum atomic E-state index is -0.441. The van der Waals surface area contributed by atoms with Crippen molar-refractivity contribution < 1.29 is 17.9 Å². The first-order chi connectivity index (χ1) is 13.6. The normalized spacial score (nSPS) is 18.5. The predicted molar refractivity (Wildman–Crippen MR) is 101 cm³/mol. The highest BCUT2D eigenvalue weighted by Gasteiger charge is 2.31. The minimum Gasteiger partial charge on any atom is -0.486 e. The van der Waals surface area contributed by atoms with Crippen LogP contribution in [-0.4, -0.2) is 12.4 Å². The second kappa shape index (κ2) is 7.76. The Labute approximate surface area is 160 Å². The van der Waals surface area contributed by atoms with Crippen molar-refractivity contribution in [3.63, 3.8) is 0 Å². The molecule has 142 valence electrons. The highest BCUT2D eigenvalue weighted by molar-refractivity contribution is 5.86. The van der Waals surface area contributed by atoms with E-state index >= 15 is 0 Å². The van der Waals surface area contributed by atoms with Crippen molar-refractivity contribution in [2.75, 3.05) is 6.61 Å². The van der Waals surface area contributed by atoms with Gasteiger partial charge in [-0.05, 0) is 47.5 Å². The van der Waals surface area contributed by atoms with Crippen LogP contribution in [0.3, 0.4) is 0 Å². The van der Waals surface area contributed by atoms with Gasteiger partial charge in [-0.3, -0.25) is 4.99 Å². The molecule has 0 amide bonds. The van der Waals surface area contributed by atoms with Crippen LogP contribution in [0.5, 0.6) is 5.75 Å². The number of amidine groups is 1. The van der Waals surface area contributed by atoms with Crippen LogP contribution in [0, 0.1) is 17.5 Å². The van der Waals surface area contributed by atoms with Gasteiger partial charge in [0.1, 0.15) is 41.7 Å². The van der Waals surface area contributed by atoms with Crippen molar-refractivity contribution in [2.24, 2.45) is 4.99 Å². The van der Waals surface area contributed by atoms with Gasteiger partial charge in [0.15, 0.2) is 0 Å². The van der Waals surface area contributed by atoms with Gasteiger partial charge in [-0.25, -0.2) is 13.2 Å². The number of aliphatic imine (C=N–C) groups is 1. The number of rotatable bonds is 5. The molecule has 28 heavy (non-hydrogen) atoms. The first-order valence-electron chi connectivity index (χ1n) is 8.81. The Hall–Kier alpha value is -3.28. The van der Waals surface area contributed by atoms with Crippen LogP contribution in [-0.2, 0) is 0 Å². The third-order valence-corrected chi connectivity index (χ3v) is 4.50. The molecule has 0 fully saturated rings. The number of hydrogen-bond donors (Lipinski definition) is 1. The number of nitrogens with zero attached hydrogens (tertiary/aromatic N) is 1. The van der Waals surface area contributed by atoms with E-state index in [0.29, 0.717) is 22.7 Å². The summed E-state index contributed by atoms with van der Waals surface area (Å²) in [5.41, 5.74) is 1.36. The Balaban J connectivity index is 1.60. The first-order valence-corrected chi connectivity index (χ1v) is 8.81. The Kier molecular flexibility index (Phi) is 5.02. The lowest BCUT2D eigenvalue weighted by Crippen LogP contribution is -2.28. The highest BCUT2D eigenvalue weighted by Crippen LogP contribution is 2.36. The Morgan fingerprint density at radius 1 is 0.786 bits per heavy atom. The molecule has 1 N–H and O–H groups in total. The summed E-state index contributed by atoms with van der Waals surface area (Å²) < 4.78 is 46.4. The number of nitrogens with one attached hydrogen (secondary N) is 1.